The second-order valence-corrected chi connectivity index (χ2v) is 3.87. The van der Waals surface area contributed by atoms with Crippen LogP contribution in [0, 0.1) is 0 Å². The molecular weight excluding hydrogens is 252 g/mol. The molecule has 6 heteroatoms. The Balaban J connectivity index is 2.41. The molecule has 0 saturated heterocycles. The first-order valence-electron chi connectivity index (χ1n) is 5.91. The van der Waals surface area contributed by atoms with Gasteiger partial charge in [0.15, 0.2) is 23.9 Å². The second-order valence-electron chi connectivity index (χ2n) is 3.87. The van der Waals surface area contributed by atoms with Gasteiger partial charge in [-0.2, -0.15) is 0 Å². The largest absolute Gasteiger partial charge is 0.486 e. The van der Waals surface area contributed by atoms with Gasteiger partial charge in [0.25, 0.3) is 0 Å². The number of aliphatic hydroxyl groups excluding tert-OH is 1. The van der Waals surface area contributed by atoms with Crippen LogP contribution in [0.1, 0.15) is 28.9 Å². The maximum atomic E-state index is 11.5. The number of aliphatic hydroxyl groups is 1. The third kappa shape index (κ3) is 2.53. The highest BCUT2D eigenvalue weighted by Crippen LogP contribution is 2.39. The Morgan fingerprint density at radius 1 is 1.42 bits per heavy atom. The monoisotopic (exact) mass is 266 g/mol. The molecular formula is C13H14O6. The highest BCUT2D eigenvalue weighted by Gasteiger charge is 2.28. The summed E-state index contributed by atoms with van der Waals surface area (Å²) in [6.45, 7) is 2.42. The summed E-state index contributed by atoms with van der Waals surface area (Å²) >= 11 is 0. The van der Waals surface area contributed by atoms with Crippen molar-refractivity contribution in [1.82, 2.24) is 0 Å². The molecule has 1 unspecified atom stereocenters. The molecule has 0 saturated carbocycles. The van der Waals surface area contributed by atoms with Crippen LogP contribution >= 0.6 is 0 Å². The van der Waals surface area contributed by atoms with Crippen molar-refractivity contribution in [1.29, 1.82) is 0 Å². The molecule has 1 aromatic rings. The molecule has 0 aliphatic carbocycles. The summed E-state index contributed by atoms with van der Waals surface area (Å²) in [7, 11) is 0. The summed E-state index contributed by atoms with van der Waals surface area (Å²) in [5.41, 5.74) is 0.549. The number of ether oxygens (including phenoxy) is 3. The summed E-state index contributed by atoms with van der Waals surface area (Å²) in [5.74, 6) is -0.295. The molecule has 0 radical (unpaired) electrons. The smallest absolute Gasteiger partial charge is 0.339 e. The van der Waals surface area contributed by atoms with Crippen LogP contribution in [0.4, 0.5) is 0 Å². The van der Waals surface area contributed by atoms with Crippen molar-refractivity contribution in [2.75, 3.05) is 19.8 Å². The number of benzene rings is 1. The van der Waals surface area contributed by atoms with E-state index in [0.29, 0.717) is 18.5 Å². The van der Waals surface area contributed by atoms with E-state index in [1.54, 1.807) is 6.92 Å². The van der Waals surface area contributed by atoms with Crippen molar-refractivity contribution in [3.63, 3.8) is 0 Å². The lowest BCUT2D eigenvalue weighted by Gasteiger charge is -2.23. The molecule has 1 heterocycles. The summed E-state index contributed by atoms with van der Waals surface area (Å²) < 4.78 is 15.5. The fourth-order valence-electron chi connectivity index (χ4n) is 1.83. The van der Waals surface area contributed by atoms with E-state index in [4.69, 9.17) is 14.2 Å². The molecule has 6 nitrogen and oxygen atoms in total. The van der Waals surface area contributed by atoms with Gasteiger partial charge in [-0.3, -0.25) is 4.79 Å². The summed E-state index contributed by atoms with van der Waals surface area (Å²) in [5, 5.41) is 9.94. The predicted molar refractivity (Wildman–Crippen MR) is 64.4 cm³/mol. The molecule has 0 bridgehead atoms. The van der Waals surface area contributed by atoms with Gasteiger partial charge >= 0.3 is 5.97 Å². The van der Waals surface area contributed by atoms with Gasteiger partial charge in [-0.15, -0.1) is 0 Å². The van der Waals surface area contributed by atoms with Crippen LogP contribution in [0.25, 0.3) is 0 Å². The number of esters is 1. The van der Waals surface area contributed by atoms with E-state index in [0.717, 1.165) is 0 Å². The van der Waals surface area contributed by atoms with Gasteiger partial charge < -0.3 is 19.3 Å². The molecule has 1 atom stereocenters. The van der Waals surface area contributed by atoms with E-state index in [9.17, 15) is 14.7 Å². The summed E-state index contributed by atoms with van der Waals surface area (Å²) in [6, 6.07) is 2.93. The van der Waals surface area contributed by atoms with Crippen molar-refractivity contribution in [2.45, 2.75) is 13.0 Å². The minimum atomic E-state index is -1.46. The Hall–Kier alpha value is -2.08. The first-order chi connectivity index (χ1) is 9.19. The van der Waals surface area contributed by atoms with Gasteiger partial charge in [-0.1, -0.05) is 6.07 Å². The Morgan fingerprint density at radius 2 is 2.11 bits per heavy atom. The molecule has 1 aliphatic rings. The summed E-state index contributed by atoms with van der Waals surface area (Å²) in [4.78, 5) is 22.5. The number of fused-ring (bicyclic) bond motifs is 1. The zero-order chi connectivity index (χ0) is 13.8. The lowest BCUT2D eigenvalue weighted by atomic mass is 10.0. The van der Waals surface area contributed by atoms with Crippen LogP contribution in [0.15, 0.2) is 12.1 Å². The first kappa shape index (κ1) is 13.4. The van der Waals surface area contributed by atoms with Crippen molar-refractivity contribution in [3.05, 3.63) is 23.3 Å². The van der Waals surface area contributed by atoms with E-state index in [1.165, 1.54) is 12.1 Å². The summed E-state index contributed by atoms with van der Waals surface area (Å²) in [6.07, 6.45) is -0.829. The normalized spacial score (nSPS) is 14.6. The third-order valence-electron chi connectivity index (χ3n) is 2.68. The standard InChI is InChI=1S/C13H14O6/c1-2-17-13(16)10(15)9-4-3-8(7-14)11-12(9)19-6-5-18-11/h3-4,7,10,15H,2,5-6H2,1H3. The molecule has 1 N–H and O–H groups in total. The zero-order valence-corrected chi connectivity index (χ0v) is 10.4. The van der Waals surface area contributed by atoms with Crippen molar-refractivity contribution in [3.8, 4) is 11.5 Å². The lowest BCUT2D eigenvalue weighted by Crippen LogP contribution is -2.21. The van der Waals surface area contributed by atoms with E-state index in [-0.39, 0.29) is 30.3 Å². The Bertz CT molecular complexity index is 496. The van der Waals surface area contributed by atoms with Crippen molar-refractivity contribution in [2.24, 2.45) is 0 Å². The number of carbonyl (C=O) groups excluding carboxylic acids is 2. The van der Waals surface area contributed by atoms with E-state index >= 15 is 0 Å². The van der Waals surface area contributed by atoms with Crippen LogP contribution in [0.3, 0.4) is 0 Å². The minimum Gasteiger partial charge on any atom is -0.486 e. The second kappa shape index (κ2) is 5.71. The molecule has 0 aromatic heterocycles. The average molecular weight is 266 g/mol. The molecule has 19 heavy (non-hydrogen) atoms. The SMILES string of the molecule is CCOC(=O)C(O)c1ccc(C=O)c2c1OCCO2. The predicted octanol–water partition coefficient (Wildman–Crippen LogP) is 0.867. The lowest BCUT2D eigenvalue weighted by molar-refractivity contribution is -0.153. The fraction of sp³-hybridized carbons (Fsp3) is 0.385. The zero-order valence-electron chi connectivity index (χ0n) is 10.4. The molecule has 0 fully saturated rings. The van der Waals surface area contributed by atoms with Crippen LogP contribution in [-0.4, -0.2) is 37.2 Å². The van der Waals surface area contributed by atoms with E-state index < -0.39 is 12.1 Å². The molecule has 0 amide bonds. The van der Waals surface area contributed by atoms with Gasteiger partial charge in [-0.25, -0.2) is 4.79 Å². The number of hydrogen-bond donors (Lipinski definition) is 1. The third-order valence-corrected chi connectivity index (χ3v) is 2.68. The molecule has 1 aliphatic heterocycles. The van der Waals surface area contributed by atoms with Crippen molar-refractivity contribution >= 4 is 12.3 Å². The maximum Gasteiger partial charge on any atom is 0.339 e. The molecule has 1 aromatic carbocycles. The highest BCUT2D eigenvalue weighted by atomic mass is 16.6. The number of hydrogen-bond acceptors (Lipinski definition) is 6. The van der Waals surface area contributed by atoms with Crippen molar-refractivity contribution < 1.29 is 28.9 Å². The van der Waals surface area contributed by atoms with Crippen LogP contribution in [-0.2, 0) is 9.53 Å². The van der Waals surface area contributed by atoms with Gasteiger partial charge in [0.05, 0.1) is 12.2 Å². The number of carbonyl (C=O) groups is 2. The average Bonchev–Trinajstić information content (AvgIpc) is 2.45. The van der Waals surface area contributed by atoms with Crippen LogP contribution < -0.4 is 9.47 Å². The van der Waals surface area contributed by atoms with E-state index in [2.05, 4.69) is 0 Å². The van der Waals surface area contributed by atoms with E-state index in [1.807, 2.05) is 0 Å². The van der Waals surface area contributed by atoms with Gasteiger partial charge in [0.2, 0.25) is 0 Å². The van der Waals surface area contributed by atoms with Gasteiger partial charge in [-0.05, 0) is 13.0 Å². The molecule has 102 valence electrons. The Labute approximate surface area is 109 Å². The highest BCUT2D eigenvalue weighted by molar-refractivity contribution is 5.84. The molecule has 2 rings (SSSR count). The van der Waals surface area contributed by atoms with Gasteiger partial charge in [0.1, 0.15) is 13.2 Å². The van der Waals surface area contributed by atoms with Crippen LogP contribution in [0.5, 0.6) is 11.5 Å². The minimum absolute atomic E-state index is 0.169. The quantitative estimate of drug-likeness (QED) is 0.643. The Morgan fingerprint density at radius 3 is 2.74 bits per heavy atom. The van der Waals surface area contributed by atoms with Gasteiger partial charge in [0, 0.05) is 5.56 Å². The fourth-order valence-corrected chi connectivity index (χ4v) is 1.83. The molecule has 0 spiro atoms. The maximum absolute atomic E-state index is 11.5. The Kier molecular flexibility index (Phi) is 4.01. The van der Waals surface area contributed by atoms with Crippen LogP contribution in [0.2, 0.25) is 0 Å². The topological polar surface area (TPSA) is 82.1 Å². The first-order valence-corrected chi connectivity index (χ1v) is 5.91. The number of rotatable bonds is 4. The number of aldehydes is 1.